The van der Waals surface area contributed by atoms with Gasteiger partial charge in [-0.25, -0.2) is 4.98 Å². The van der Waals surface area contributed by atoms with Gasteiger partial charge in [0.2, 0.25) is 5.91 Å². The van der Waals surface area contributed by atoms with Gasteiger partial charge in [-0.3, -0.25) is 4.79 Å². The molecule has 0 aliphatic carbocycles. The van der Waals surface area contributed by atoms with Crippen molar-refractivity contribution in [3.63, 3.8) is 0 Å². The normalized spacial score (nSPS) is 10.7. The fourth-order valence-electron chi connectivity index (χ4n) is 2.13. The lowest BCUT2D eigenvalue weighted by Gasteiger charge is -2.08. The number of benzene rings is 2. The molecule has 0 spiro atoms. The fraction of sp³-hybridized carbons (Fsp3) is 0.111. The molecule has 1 heterocycles. The number of anilines is 1. The predicted molar refractivity (Wildman–Crippen MR) is 108 cm³/mol. The Balaban J connectivity index is 1.59. The Kier molecular flexibility index (Phi) is 6.02. The van der Waals surface area contributed by atoms with Crippen LogP contribution in [0.4, 0.5) is 5.69 Å². The molecular formula is C18H14Cl2N2OS2. The molecule has 3 rings (SSSR count). The molecule has 1 aromatic heterocycles. The molecular weight excluding hydrogens is 395 g/mol. The van der Waals surface area contributed by atoms with Gasteiger partial charge < -0.3 is 5.32 Å². The Hall–Kier alpha value is -1.53. The third-order valence-corrected chi connectivity index (χ3v) is 6.17. The minimum absolute atomic E-state index is 0.0846. The van der Waals surface area contributed by atoms with Gasteiger partial charge in [-0.1, -0.05) is 53.2 Å². The molecule has 7 heteroatoms. The van der Waals surface area contributed by atoms with E-state index in [9.17, 15) is 4.79 Å². The Labute approximate surface area is 164 Å². The van der Waals surface area contributed by atoms with Crippen LogP contribution in [0.15, 0.2) is 52.2 Å². The summed E-state index contributed by atoms with van der Waals surface area (Å²) in [5, 5.41) is 6.19. The van der Waals surface area contributed by atoms with Crippen LogP contribution in [0, 0.1) is 6.92 Å². The molecule has 2 aromatic carbocycles. The van der Waals surface area contributed by atoms with E-state index in [0.29, 0.717) is 15.8 Å². The van der Waals surface area contributed by atoms with Crippen molar-refractivity contribution < 1.29 is 4.79 Å². The molecule has 1 N–H and O–H groups in total. The number of hydrogen-bond acceptors (Lipinski definition) is 4. The van der Waals surface area contributed by atoms with Gasteiger partial charge >= 0.3 is 0 Å². The number of thiazole rings is 1. The summed E-state index contributed by atoms with van der Waals surface area (Å²) in [5.41, 5.74) is 3.49. The Morgan fingerprint density at radius 1 is 1.20 bits per heavy atom. The van der Waals surface area contributed by atoms with Crippen molar-refractivity contribution in [1.29, 1.82) is 0 Å². The van der Waals surface area contributed by atoms with E-state index >= 15 is 0 Å². The van der Waals surface area contributed by atoms with Gasteiger partial charge in [-0.05, 0) is 36.8 Å². The van der Waals surface area contributed by atoms with E-state index in [1.54, 1.807) is 6.07 Å². The third-order valence-electron chi connectivity index (χ3n) is 3.49. The van der Waals surface area contributed by atoms with Crippen molar-refractivity contribution >= 4 is 57.9 Å². The van der Waals surface area contributed by atoms with E-state index in [2.05, 4.69) is 10.3 Å². The van der Waals surface area contributed by atoms with Crippen LogP contribution in [0.2, 0.25) is 10.0 Å². The van der Waals surface area contributed by atoms with Crippen molar-refractivity contribution in [2.45, 2.75) is 11.3 Å². The van der Waals surface area contributed by atoms with Crippen LogP contribution >= 0.6 is 46.3 Å². The number of carbonyl (C=O) groups excluding carboxylic acids is 1. The summed E-state index contributed by atoms with van der Waals surface area (Å²) in [7, 11) is 0. The van der Waals surface area contributed by atoms with Gasteiger partial charge in [0.25, 0.3) is 0 Å². The van der Waals surface area contributed by atoms with E-state index in [1.165, 1.54) is 23.1 Å². The van der Waals surface area contributed by atoms with Gasteiger partial charge in [0.05, 0.1) is 11.4 Å². The lowest BCUT2D eigenvalue weighted by molar-refractivity contribution is -0.113. The average molecular weight is 409 g/mol. The molecule has 25 heavy (non-hydrogen) atoms. The molecule has 3 nitrogen and oxygen atoms in total. The van der Waals surface area contributed by atoms with E-state index < -0.39 is 0 Å². The third kappa shape index (κ3) is 4.76. The molecule has 0 fully saturated rings. The van der Waals surface area contributed by atoms with Crippen molar-refractivity contribution in [3.05, 3.63) is 63.5 Å². The first-order valence-electron chi connectivity index (χ1n) is 7.42. The monoisotopic (exact) mass is 408 g/mol. The second kappa shape index (κ2) is 8.23. The number of rotatable bonds is 5. The van der Waals surface area contributed by atoms with Gasteiger partial charge in [-0.2, -0.15) is 0 Å². The molecule has 0 bridgehead atoms. The SMILES string of the molecule is Cc1c(Cl)cccc1NC(=O)CSc1nc(-c2ccc(Cl)cc2)cs1. The highest BCUT2D eigenvalue weighted by Crippen LogP contribution is 2.29. The second-order valence-corrected chi connectivity index (χ2v) is 8.18. The van der Waals surface area contributed by atoms with Crippen molar-refractivity contribution in [2.75, 3.05) is 11.1 Å². The first-order chi connectivity index (χ1) is 12.0. The average Bonchev–Trinajstić information content (AvgIpc) is 3.07. The van der Waals surface area contributed by atoms with Crippen LogP contribution in [0.3, 0.4) is 0 Å². The Bertz CT molecular complexity index is 894. The molecule has 3 aromatic rings. The Morgan fingerprint density at radius 2 is 1.96 bits per heavy atom. The first-order valence-corrected chi connectivity index (χ1v) is 10.0. The van der Waals surface area contributed by atoms with E-state index in [1.807, 2.05) is 48.7 Å². The standard InChI is InChI=1S/C18H14Cl2N2OS2/c1-11-14(20)3-2-4-15(11)21-17(23)10-25-18-22-16(9-24-18)12-5-7-13(19)8-6-12/h2-9H,10H2,1H3,(H,21,23). The van der Waals surface area contributed by atoms with Gasteiger partial charge in [-0.15, -0.1) is 11.3 Å². The molecule has 0 aliphatic rings. The number of halogens is 2. The lowest BCUT2D eigenvalue weighted by atomic mass is 10.2. The molecule has 0 atom stereocenters. The topological polar surface area (TPSA) is 42.0 Å². The lowest BCUT2D eigenvalue weighted by Crippen LogP contribution is -2.14. The number of aromatic nitrogens is 1. The number of thioether (sulfide) groups is 1. The summed E-state index contributed by atoms with van der Waals surface area (Å²) in [4.78, 5) is 16.7. The van der Waals surface area contributed by atoms with Crippen molar-refractivity contribution in [2.24, 2.45) is 0 Å². The molecule has 0 radical (unpaired) electrons. The largest absolute Gasteiger partial charge is 0.325 e. The quantitative estimate of drug-likeness (QED) is 0.514. The summed E-state index contributed by atoms with van der Waals surface area (Å²) in [6.45, 7) is 1.88. The van der Waals surface area contributed by atoms with Crippen molar-refractivity contribution in [1.82, 2.24) is 4.98 Å². The minimum atomic E-state index is -0.0846. The smallest absolute Gasteiger partial charge is 0.234 e. The second-order valence-electron chi connectivity index (χ2n) is 5.25. The molecule has 128 valence electrons. The van der Waals surface area contributed by atoms with Crippen LogP contribution in [0.5, 0.6) is 0 Å². The number of nitrogens with one attached hydrogen (secondary N) is 1. The Morgan fingerprint density at radius 3 is 2.72 bits per heavy atom. The molecule has 1 amide bonds. The number of amides is 1. The minimum Gasteiger partial charge on any atom is -0.325 e. The maximum atomic E-state index is 12.2. The number of hydrogen-bond donors (Lipinski definition) is 1. The van der Waals surface area contributed by atoms with Crippen molar-refractivity contribution in [3.8, 4) is 11.3 Å². The number of nitrogens with zero attached hydrogens (tertiary/aromatic N) is 1. The van der Waals surface area contributed by atoms with E-state index in [-0.39, 0.29) is 5.91 Å². The van der Waals surface area contributed by atoms with Crippen LogP contribution in [0.25, 0.3) is 11.3 Å². The van der Waals surface area contributed by atoms with Gasteiger partial charge in [0.1, 0.15) is 0 Å². The van der Waals surface area contributed by atoms with Crippen LogP contribution in [-0.4, -0.2) is 16.6 Å². The maximum absolute atomic E-state index is 12.2. The van der Waals surface area contributed by atoms with Gasteiger partial charge in [0, 0.05) is 26.7 Å². The first kappa shape index (κ1) is 18.3. The molecule has 0 saturated carbocycles. The summed E-state index contributed by atoms with van der Waals surface area (Å²) in [6.07, 6.45) is 0. The van der Waals surface area contributed by atoms with Crippen LogP contribution in [0.1, 0.15) is 5.56 Å². The highest BCUT2D eigenvalue weighted by atomic mass is 35.5. The molecule has 0 saturated heterocycles. The van der Waals surface area contributed by atoms with Crippen LogP contribution in [-0.2, 0) is 4.79 Å². The van der Waals surface area contributed by atoms with E-state index in [0.717, 1.165) is 26.8 Å². The zero-order valence-corrected chi connectivity index (χ0v) is 16.4. The maximum Gasteiger partial charge on any atom is 0.234 e. The summed E-state index contributed by atoms with van der Waals surface area (Å²) in [6, 6.07) is 13.0. The predicted octanol–water partition coefficient (Wildman–Crippen LogP) is 6.16. The zero-order chi connectivity index (χ0) is 17.8. The number of carbonyl (C=O) groups is 1. The fourth-order valence-corrected chi connectivity index (χ4v) is 4.07. The zero-order valence-electron chi connectivity index (χ0n) is 13.3. The van der Waals surface area contributed by atoms with Gasteiger partial charge in [0.15, 0.2) is 4.34 Å². The highest BCUT2D eigenvalue weighted by Gasteiger charge is 2.10. The highest BCUT2D eigenvalue weighted by molar-refractivity contribution is 8.01. The summed E-state index contributed by atoms with van der Waals surface area (Å²) >= 11 is 14.9. The van der Waals surface area contributed by atoms with E-state index in [4.69, 9.17) is 23.2 Å². The summed E-state index contributed by atoms with van der Waals surface area (Å²) < 4.78 is 0.850. The van der Waals surface area contributed by atoms with Crippen LogP contribution < -0.4 is 5.32 Å². The molecule has 0 unspecified atom stereocenters. The summed E-state index contributed by atoms with van der Waals surface area (Å²) in [5.74, 6) is 0.207. The molecule has 0 aliphatic heterocycles.